The Morgan fingerprint density at radius 1 is 0.814 bits per heavy atom. The average molecular weight is 600 g/mol. The Labute approximate surface area is 254 Å². The standard InChI is InChI=1S/C34H37N3O5S/c1-3-22-35-34(39)32(24-27-14-7-4-8-15-27)36(25-28-16-13-19-30(23-28)42-2)33(38)26-37(29-17-9-5-10-18-29)43(40,41)31-20-11-6-12-21-31/h4-21,23,32H,3,22,24-26H2,1-2H3,(H,35,39)/t32-/m0/s1. The van der Waals surface area contributed by atoms with Crippen LogP contribution in [0.5, 0.6) is 5.75 Å². The summed E-state index contributed by atoms with van der Waals surface area (Å²) in [5.74, 6) is -0.213. The van der Waals surface area contributed by atoms with Gasteiger partial charge in [0, 0.05) is 19.5 Å². The van der Waals surface area contributed by atoms with E-state index in [9.17, 15) is 18.0 Å². The van der Waals surface area contributed by atoms with Crippen LogP contribution in [0.3, 0.4) is 0 Å². The van der Waals surface area contributed by atoms with E-state index in [1.54, 1.807) is 67.8 Å². The van der Waals surface area contributed by atoms with Crippen molar-refractivity contribution in [3.63, 3.8) is 0 Å². The molecule has 224 valence electrons. The molecule has 1 N–H and O–H groups in total. The van der Waals surface area contributed by atoms with Crippen LogP contribution in [0.1, 0.15) is 24.5 Å². The molecule has 0 aliphatic heterocycles. The smallest absolute Gasteiger partial charge is 0.264 e. The second-order valence-corrected chi connectivity index (χ2v) is 11.9. The third kappa shape index (κ3) is 8.23. The third-order valence-electron chi connectivity index (χ3n) is 6.96. The van der Waals surface area contributed by atoms with Gasteiger partial charge in [0.1, 0.15) is 18.3 Å². The summed E-state index contributed by atoms with van der Waals surface area (Å²) in [5, 5.41) is 2.95. The molecule has 8 nitrogen and oxygen atoms in total. The second-order valence-electron chi connectivity index (χ2n) is 10.0. The zero-order chi connectivity index (χ0) is 30.7. The van der Waals surface area contributed by atoms with E-state index in [1.807, 2.05) is 49.4 Å². The number of nitrogens with one attached hydrogen (secondary N) is 1. The molecule has 0 spiro atoms. The lowest BCUT2D eigenvalue weighted by Crippen LogP contribution is -2.53. The van der Waals surface area contributed by atoms with Gasteiger partial charge in [0.2, 0.25) is 11.8 Å². The fourth-order valence-corrected chi connectivity index (χ4v) is 6.17. The number of rotatable bonds is 14. The zero-order valence-electron chi connectivity index (χ0n) is 24.4. The van der Waals surface area contributed by atoms with E-state index in [0.717, 1.165) is 21.9 Å². The molecule has 0 unspecified atom stereocenters. The maximum Gasteiger partial charge on any atom is 0.264 e. The first-order valence-electron chi connectivity index (χ1n) is 14.2. The highest BCUT2D eigenvalue weighted by Gasteiger charge is 2.34. The highest BCUT2D eigenvalue weighted by Crippen LogP contribution is 2.25. The first-order chi connectivity index (χ1) is 20.8. The van der Waals surface area contributed by atoms with Crippen molar-refractivity contribution in [2.24, 2.45) is 0 Å². The molecular formula is C34H37N3O5S. The van der Waals surface area contributed by atoms with Gasteiger partial charge in [-0.05, 0) is 53.9 Å². The monoisotopic (exact) mass is 599 g/mol. The average Bonchev–Trinajstić information content (AvgIpc) is 3.05. The van der Waals surface area contributed by atoms with Crippen LogP contribution in [0.15, 0.2) is 120 Å². The Kier molecular flexibility index (Phi) is 10.9. The van der Waals surface area contributed by atoms with Crippen molar-refractivity contribution in [3.05, 3.63) is 126 Å². The van der Waals surface area contributed by atoms with Crippen molar-refractivity contribution in [2.75, 3.05) is 24.5 Å². The molecule has 0 saturated carbocycles. The van der Waals surface area contributed by atoms with Gasteiger partial charge in [0.15, 0.2) is 0 Å². The first-order valence-corrected chi connectivity index (χ1v) is 15.6. The molecule has 0 aromatic heterocycles. The summed E-state index contributed by atoms with van der Waals surface area (Å²) in [5.41, 5.74) is 1.96. The lowest BCUT2D eigenvalue weighted by molar-refractivity contribution is -0.140. The van der Waals surface area contributed by atoms with Crippen molar-refractivity contribution < 1.29 is 22.7 Å². The van der Waals surface area contributed by atoms with Crippen LogP contribution in [-0.2, 0) is 32.6 Å². The fourth-order valence-electron chi connectivity index (χ4n) is 4.73. The molecule has 0 saturated heterocycles. The molecule has 0 heterocycles. The minimum atomic E-state index is -4.12. The summed E-state index contributed by atoms with van der Waals surface area (Å²) in [6.07, 6.45) is 0.980. The Balaban J connectivity index is 1.78. The lowest BCUT2D eigenvalue weighted by atomic mass is 10.0. The quantitative estimate of drug-likeness (QED) is 0.219. The van der Waals surface area contributed by atoms with Crippen LogP contribution in [0.25, 0.3) is 0 Å². The SMILES string of the molecule is CCCNC(=O)[C@H](Cc1ccccc1)N(Cc1cccc(OC)c1)C(=O)CN(c1ccccc1)S(=O)(=O)c1ccccc1. The number of benzene rings is 4. The molecule has 0 radical (unpaired) electrons. The number of amides is 2. The van der Waals surface area contributed by atoms with E-state index in [-0.39, 0.29) is 23.8 Å². The maximum absolute atomic E-state index is 14.4. The Morgan fingerprint density at radius 3 is 2.05 bits per heavy atom. The molecule has 4 aromatic rings. The van der Waals surface area contributed by atoms with Crippen LogP contribution in [-0.4, -0.2) is 51.4 Å². The molecule has 43 heavy (non-hydrogen) atoms. The predicted molar refractivity (Wildman–Crippen MR) is 168 cm³/mol. The summed E-state index contributed by atoms with van der Waals surface area (Å²) in [6, 6.07) is 32.4. The van der Waals surface area contributed by atoms with Crippen molar-refractivity contribution in [2.45, 2.75) is 37.2 Å². The maximum atomic E-state index is 14.4. The highest BCUT2D eigenvalue weighted by atomic mass is 32.2. The normalized spacial score (nSPS) is 11.8. The third-order valence-corrected chi connectivity index (χ3v) is 8.75. The molecular weight excluding hydrogens is 562 g/mol. The number of para-hydroxylation sites is 1. The molecule has 0 fully saturated rings. The van der Waals surface area contributed by atoms with E-state index >= 15 is 0 Å². The number of carbonyl (C=O) groups is 2. The van der Waals surface area contributed by atoms with Gasteiger partial charge in [-0.15, -0.1) is 0 Å². The van der Waals surface area contributed by atoms with E-state index in [1.165, 1.54) is 17.0 Å². The molecule has 1 atom stereocenters. The van der Waals surface area contributed by atoms with E-state index in [0.29, 0.717) is 18.0 Å². The molecule has 9 heteroatoms. The number of methoxy groups -OCH3 is 1. The first kappa shape index (κ1) is 31.3. The van der Waals surface area contributed by atoms with E-state index < -0.39 is 28.5 Å². The minimum absolute atomic E-state index is 0.0625. The van der Waals surface area contributed by atoms with Crippen molar-refractivity contribution in [1.82, 2.24) is 10.2 Å². The molecule has 4 rings (SSSR count). The largest absolute Gasteiger partial charge is 0.497 e. The molecule has 0 bridgehead atoms. The van der Waals surface area contributed by atoms with Gasteiger partial charge < -0.3 is 15.0 Å². The van der Waals surface area contributed by atoms with Gasteiger partial charge in [-0.2, -0.15) is 0 Å². The number of carbonyl (C=O) groups excluding carboxylic acids is 2. The Morgan fingerprint density at radius 2 is 1.42 bits per heavy atom. The minimum Gasteiger partial charge on any atom is -0.497 e. The van der Waals surface area contributed by atoms with Gasteiger partial charge in [-0.25, -0.2) is 8.42 Å². The summed E-state index contributed by atoms with van der Waals surface area (Å²) < 4.78 is 34.4. The fraction of sp³-hybridized carbons (Fsp3) is 0.235. The van der Waals surface area contributed by atoms with E-state index in [2.05, 4.69) is 5.32 Å². The van der Waals surface area contributed by atoms with Crippen LogP contribution in [0.2, 0.25) is 0 Å². The van der Waals surface area contributed by atoms with Crippen LogP contribution >= 0.6 is 0 Å². The summed E-state index contributed by atoms with van der Waals surface area (Å²) in [6.45, 7) is 1.97. The summed E-state index contributed by atoms with van der Waals surface area (Å²) in [7, 11) is -2.56. The van der Waals surface area contributed by atoms with Crippen LogP contribution < -0.4 is 14.4 Å². The van der Waals surface area contributed by atoms with Crippen LogP contribution in [0.4, 0.5) is 5.69 Å². The van der Waals surface area contributed by atoms with Crippen molar-refractivity contribution >= 4 is 27.5 Å². The number of hydrogen-bond donors (Lipinski definition) is 1. The predicted octanol–water partition coefficient (Wildman–Crippen LogP) is 5.06. The number of hydrogen-bond acceptors (Lipinski definition) is 5. The number of ether oxygens (including phenoxy) is 1. The molecule has 4 aromatic carbocycles. The molecule has 0 aliphatic rings. The van der Waals surface area contributed by atoms with Gasteiger partial charge in [0.05, 0.1) is 17.7 Å². The van der Waals surface area contributed by atoms with Crippen LogP contribution in [0, 0.1) is 0 Å². The number of anilines is 1. The van der Waals surface area contributed by atoms with Crippen molar-refractivity contribution in [3.8, 4) is 5.75 Å². The van der Waals surface area contributed by atoms with Gasteiger partial charge in [-0.1, -0.05) is 85.8 Å². The molecule has 0 aliphatic carbocycles. The van der Waals surface area contributed by atoms with Crippen molar-refractivity contribution in [1.29, 1.82) is 0 Å². The zero-order valence-corrected chi connectivity index (χ0v) is 25.2. The number of nitrogens with zero attached hydrogens (tertiary/aromatic N) is 2. The van der Waals surface area contributed by atoms with Gasteiger partial charge in [-0.3, -0.25) is 13.9 Å². The van der Waals surface area contributed by atoms with E-state index in [4.69, 9.17) is 4.74 Å². The topological polar surface area (TPSA) is 96.0 Å². The number of sulfonamides is 1. The highest BCUT2D eigenvalue weighted by molar-refractivity contribution is 7.92. The van der Waals surface area contributed by atoms with Gasteiger partial charge in [0.25, 0.3) is 10.0 Å². The summed E-state index contributed by atoms with van der Waals surface area (Å²) in [4.78, 5) is 29.6. The summed E-state index contributed by atoms with van der Waals surface area (Å²) >= 11 is 0. The molecule has 2 amide bonds. The van der Waals surface area contributed by atoms with Gasteiger partial charge >= 0.3 is 0 Å². The Hall–Kier alpha value is -4.63. The lowest BCUT2D eigenvalue weighted by Gasteiger charge is -2.34. The second kappa shape index (κ2) is 15.0. The Bertz CT molecular complexity index is 1580.